The summed E-state index contributed by atoms with van der Waals surface area (Å²) < 4.78 is 1.87. The van der Waals surface area contributed by atoms with E-state index in [0.29, 0.717) is 13.1 Å². The van der Waals surface area contributed by atoms with E-state index in [4.69, 9.17) is 0 Å². The molecule has 7 heteroatoms. The SMILES string of the molecule is O=C(NCc1ccccc1-c1ccc(Cn2cccn2)cc1)c1cccc([N+](=O)[O-])c1. The smallest absolute Gasteiger partial charge is 0.270 e. The molecule has 4 rings (SSSR count). The van der Waals surface area contributed by atoms with Crippen molar-refractivity contribution in [3.63, 3.8) is 0 Å². The van der Waals surface area contributed by atoms with Crippen molar-refractivity contribution in [2.45, 2.75) is 13.1 Å². The molecule has 1 N–H and O–H groups in total. The lowest BCUT2D eigenvalue weighted by atomic mass is 9.98. The highest BCUT2D eigenvalue weighted by molar-refractivity contribution is 5.94. The van der Waals surface area contributed by atoms with E-state index in [1.165, 1.54) is 18.2 Å². The molecule has 0 atom stereocenters. The van der Waals surface area contributed by atoms with Crippen LogP contribution in [-0.2, 0) is 13.1 Å². The molecule has 0 fully saturated rings. The minimum Gasteiger partial charge on any atom is -0.348 e. The summed E-state index contributed by atoms with van der Waals surface area (Å²) in [4.78, 5) is 22.9. The summed E-state index contributed by atoms with van der Waals surface area (Å²) >= 11 is 0. The van der Waals surface area contributed by atoms with Crippen molar-refractivity contribution in [1.29, 1.82) is 0 Å². The zero-order valence-electron chi connectivity index (χ0n) is 16.6. The van der Waals surface area contributed by atoms with Crippen molar-refractivity contribution in [2.24, 2.45) is 0 Å². The van der Waals surface area contributed by atoms with Crippen LogP contribution >= 0.6 is 0 Å². The van der Waals surface area contributed by atoms with Crippen molar-refractivity contribution in [3.05, 3.63) is 118 Å². The van der Waals surface area contributed by atoms with Gasteiger partial charge in [0.15, 0.2) is 0 Å². The Hall–Kier alpha value is -4.26. The highest BCUT2D eigenvalue weighted by Gasteiger charge is 2.12. The molecule has 31 heavy (non-hydrogen) atoms. The van der Waals surface area contributed by atoms with Gasteiger partial charge in [0.05, 0.1) is 11.5 Å². The van der Waals surface area contributed by atoms with Crippen LogP contribution in [0.4, 0.5) is 5.69 Å². The van der Waals surface area contributed by atoms with Crippen LogP contribution < -0.4 is 5.32 Å². The first-order chi connectivity index (χ1) is 15.1. The molecular weight excluding hydrogens is 392 g/mol. The fraction of sp³-hybridized carbons (Fsp3) is 0.0833. The number of nitro groups is 1. The van der Waals surface area contributed by atoms with Crippen LogP contribution in [-0.4, -0.2) is 20.6 Å². The highest BCUT2D eigenvalue weighted by Crippen LogP contribution is 2.24. The maximum atomic E-state index is 12.5. The first kappa shape index (κ1) is 20.0. The molecule has 4 aromatic rings. The molecule has 0 saturated carbocycles. The summed E-state index contributed by atoms with van der Waals surface area (Å²) in [6, 6.07) is 23.7. The van der Waals surface area contributed by atoms with Crippen LogP contribution in [0.15, 0.2) is 91.3 Å². The predicted octanol–water partition coefficient (Wildman–Crippen LogP) is 4.44. The lowest BCUT2D eigenvalue weighted by Gasteiger charge is -2.12. The van der Waals surface area contributed by atoms with Crippen LogP contribution in [0.25, 0.3) is 11.1 Å². The average Bonchev–Trinajstić information content (AvgIpc) is 3.31. The van der Waals surface area contributed by atoms with E-state index in [9.17, 15) is 14.9 Å². The molecule has 1 heterocycles. The number of rotatable bonds is 7. The first-order valence-corrected chi connectivity index (χ1v) is 9.77. The van der Waals surface area contributed by atoms with E-state index in [2.05, 4.69) is 34.7 Å². The van der Waals surface area contributed by atoms with Gasteiger partial charge >= 0.3 is 0 Å². The number of carbonyl (C=O) groups is 1. The van der Waals surface area contributed by atoms with Gasteiger partial charge in [0, 0.05) is 36.6 Å². The number of benzene rings is 3. The Bertz CT molecular complexity index is 1200. The van der Waals surface area contributed by atoms with E-state index in [1.54, 1.807) is 12.3 Å². The van der Waals surface area contributed by atoms with Gasteiger partial charge in [0.25, 0.3) is 11.6 Å². The Labute approximate surface area is 179 Å². The minimum absolute atomic E-state index is 0.108. The number of amides is 1. The second-order valence-corrected chi connectivity index (χ2v) is 7.05. The fourth-order valence-corrected chi connectivity index (χ4v) is 3.37. The Morgan fingerprint density at radius 1 is 1.00 bits per heavy atom. The largest absolute Gasteiger partial charge is 0.348 e. The molecule has 0 unspecified atom stereocenters. The van der Waals surface area contributed by atoms with Gasteiger partial charge in [-0.15, -0.1) is 0 Å². The summed E-state index contributed by atoms with van der Waals surface area (Å²) in [6.45, 7) is 1.01. The summed E-state index contributed by atoms with van der Waals surface area (Å²) in [7, 11) is 0. The van der Waals surface area contributed by atoms with Gasteiger partial charge in [-0.25, -0.2) is 0 Å². The van der Waals surface area contributed by atoms with E-state index < -0.39 is 4.92 Å². The Balaban J connectivity index is 1.48. The highest BCUT2D eigenvalue weighted by atomic mass is 16.6. The molecule has 1 amide bonds. The van der Waals surface area contributed by atoms with Crippen LogP contribution in [0.2, 0.25) is 0 Å². The molecule has 1 aromatic heterocycles. The van der Waals surface area contributed by atoms with Crippen LogP contribution in [0.3, 0.4) is 0 Å². The number of aromatic nitrogens is 2. The van der Waals surface area contributed by atoms with E-state index >= 15 is 0 Å². The van der Waals surface area contributed by atoms with Gasteiger partial charge in [-0.05, 0) is 34.4 Å². The van der Waals surface area contributed by atoms with E-state index in [-0.39, 0.29) is 17.2 Å². The molecule has 0 aliphatic heterocycles. The number of non-ortho nitro benzene ring substituents is 1. The Morgan fingerprint density at radius 2 is 1.81 bits per heavy atom. The molecule has 0 bridgehead atoms. The van der Waals surface area contributed by atoms with Gasteiger partial charge < -0.3 is 5.32 Å². The predicted molar refractivity (Wildman–Crippen MR) is 117 cm³/mol. The number of hydrogen-bond donors (Lipinski definition) is 1. The third kappa shape index (κ3) is 4.84. The monoisotopic (exact) mass is 412 g/mol. The van der Waals surface area contributed by atoms with Gasteiger partial charge in [-0.3, -0.25) is 19.6 Å². The second kappa shape index (κ2) is 9.04. The lowest BCUT2D eigenvalue weighted by molar-refractivity contribution is -0.384. The van der Waals surface area contributed by atoms with Crippen LogP contribution in [0, 0.1) is 10.1 Å². The van der Waals surface area contributed by atoms with Crippen LogP contribution in [0.1, 0.15) is 21.5 Å². The Kier molecular flexibility index (Phi) is 5.84. The molecular formula is C24H20N4O3. The number of carbonyl (C=O) groups excluding carboxylic acids is 1. The second-order valence-electron chi connectivity index (χ2n) is 7.05. The average molecular weight is 412 g/mol. The molecule has 0 spiro atoms. The van der Waals surface area contributed by atoms with E-state index in [0.717, 1.165) is 22.3 Å². The first-order valence-electron chi connectivity index (χ1n) is 9.77. The van der Waals surface area contributed by atoms with Crippen molar-refractivity contribution >= 4 is 11.6 Å². The van der Waals surface area contributed by atoms with Crippen molar-refractivity contribution in [3.8, 4) is 11.1 Å². The molecule has 0 aliphatic carbocycles. The number of nitrogens with zero attached hydrogens (tertiary/aromatic N) is 3. The zero-order chi connectivity index (χ0) is 21.6. The summed E-state index contributed by atoms with van der Waals surface area (Å²) in [6.07, 6.45) is 3.68. The quantitative estimate of drug-likeness (QED) is 0.359. The topological polar surface area (TPSA) is 90.1 Å². The molecule has 3 aromatic carbocycles. The fourth-order valence-electron chi connectivity index (χ4n) is 3.37. The molecule has 154 valence electrons. The third-order valence-corrected chi connectivity index (χ3v) is 4.94. The molecule has 7 nitrogen and oxygen atoms in total. The summed E-state index contributed by atoms with van der Waals surface area (Å²) in [5.74, 6) is -0.354. The maximum Gasteiger partial charge on any atom is 0.270 e. The third-order valence-electron chi connectivity index (χ3n) is 4.94. The van der Waals surface area contributed by atoms with E-state index in [1.807, 2.05) is 41.2 Å². The number of nitrogens with one attached hydrogen (secondary N) is 1. The Morgan fingerprint density at radius 3 is 2.55 bits per heavy atom. The van der Waals surface area contributed by atoms with Crippen molar-refractivity contribution in [1.82, 2.24) is 15.1 Å². The van der Waals surface area contributed by atoms with Crippen molar-refractivity contribution < 1.29 is 9.72 Å². The van der Waals surface area contributed by atoms with Gasteiger partial charge in [-0.1, -0.05) is 54.6 Å². The van der Waals surface area contributed by atoms with Gasteiger partial charge in [0.2, 0.25) is 0 Å². The molecule has 0 saturated heterocycles. The minimum atomic E-state index is -0.512. The number of nitro benzene ring substituents is 1. The van der Waals surface area contributed by atoms with Gasteiger partial charge in [0.1, 0.15) is 0 Å². The van der Waals surface area contributed by atoms with Crippen LogP contribution in [0.5, 0.6) is 0 Å². The molecule has 0 radical (unpaired) electrons. The summed E-state index contributed by atoms with van der Waals surface area (Å²) in [5, 5.41) is 18.0. The van der Waals surface area contributed by atoms with Gasteiger partial charge in [-0.2, -0.15) is 5.10 Å². The molecule has 0 aliphatic rings. The summed E-state index contributed by atoms with van der Waals surface area (Å²) in [5.41, 5.74) is 4.32. The van der Waals surface area contributed by atoms with Crippen molar-refractivity contribution in [2.75, 3.05) is 0 Å². The lowest BCUT2D eigenvalue weighted by Crippen LogP contribution is -2.23. The zero-order valence-corrected chi connectivity index (χ0v) is 16.6. The standard InChI is InChI=1S/C24H20N4O3/c29-24(20-6-3-7-22(15-20)28(30)31)25-16-21-5-1-2-8-23(21)19-11-9-18(10-12-19)17-27-14-4-13-26-27/h1-15H,16-17H2,(H,25,29). The number of hydrogen-bond acceptors (Lipinski definition) is 4. The maximum absolute atomic E-state index is 12.5. The normalized spacial score (nSPS) is 10.6.